The minimum atomic E-state index is -0.184. The molecule has 19 heavy (non-hydrogen) atoms. The van der Waals surface area contributed by atoms with Gasteiger partial charge in [0.1, 0.15) is 0 Å². The van der Waals surface area contributed by atoms with Crippen LogP contribution in [0.4, 0.5) is 0 Å². The molecule has 0 heterocycles. The number of benzene rings is 1. The van der Waals surface area contributed by atoms with Crippen molar-refractivity contribution in [2.24, 2.45) is 5.73 Å². The number of nitrogens with two attached hydrogens (primary N) is 1. The molecular weight excluding hydrogens is 236 g/mol. The van der Waals surface area contributed by atoms with Crippen molar-refractivity contribution >= 4 is 0 Å². The fourth-order valence-corrected chi connectivity index (χ4v) is 2.42. The van der Waals surface area contributed by atoms with E-state index in [0.717, 1.165) is 6.54 Å². The van der Waals surface area contributed by atoms with Gasteiger partial charge in [0.15, 0.2) is 0 Å². The van der Waals surface area contributed by atoms with Crippen LogP contribution < -0.4 is 11.1 Å². The Kier molecular flexibility index (Phi) is 5.53. The maximum atomic E-state index is 8.93. The number of nitrogens with one attached hydrogen (secondary N) is 1. The average Bonchev–Trinajstić information content (AvgIpc) is 2.35. The molecule has 1 rings (SSSR count). The van der Waals surface area contributed by atoms with Gasteiger partial charge >= 0.3 is 0 Å². The molecule has 0 aliphatic rings. The van der Waals surface area contributed by atoms with Crippen molar-refractivity contribution in [3.63, 3.8) is 0 Å². The minimum absolute atomic E-state index is 0.0239. The number of rotatable bonds is 6. The lowest BCUT2D eigenvalue weighted by atomic mass is 9.80. The SMILES string of the molecule is Cc1ccc(C(C)(C)CNCC(N)CO)c(C)c1C. The summed E-state index contributed by atoms with van der Waals surface area (Å²) in [6.07, 6.45) is 0. The first-order valence-corrected chi connectivity index (χ1v) is 6.94. The van der Waals surface area contributed by atoms with Gasteiger partial charge in [-0.1, -0.05) is 26.0 Å². The van der Waals surface area contributed by atoms with Crippen molar-refractivity contribution in [1.82, 2.24) is 5.32 Å². The third-order valence-electron chi connectivity index (χ3n) is 4.00. The second kappa shape index (κ2) is 6.51. The van der Waals surface area contributed by atoms with Crippen LogP contribution in [0.25, 0.3) is 0 Å². The minimum Gasteiger partial charge on any atom is -0.395 e. The van der Waals surface area contributed by atoms with E-state index in [2.05, 4.69) is 52.1 Å². The highest BCUT2D eigenvalue weighted by Gasteiger charge is 2.23. The Morgan fingerprint density at radius 2 is 1.84 bits per heavy atom. The van der Waals surface area contributed by atoms with Gasteiger partial charge < -0.3 is 16.2 Å². The van der Waals surface area contributed by atoms with Crippen molar-refractivity contribution in [2.75, 3.05) is 19.7 Å². The van der Waals surface area contributed by atoms with Crippen LogP contribution in [0.5, 0.6) is 0 Å². The van der Waals surface area contributed by atoms with Crippen molar-refractivity contribution in [3.8, 4) is 0 Å². The van der Waals surface area contributed by atoms with Crippen LogP contribution in [0.15, 0.2) is 12.1 Å². The standard InChI is InChI=1S/C16H28N2O/c1-11-6-7-15(13(3)12(11)2)16(4,5)10-18-8-14(17)9-19/h6-7,14,18-19H,8-10,17H2,1-5H3. The summed E-state index contributed by atoms with van der Waals surface area (Å²) in [5.74, 6) is 0. The van der Waals surface area contributed by atoms with E-state index in [1.54, 1.807) is 0 Å². The highest BCUT2D eigenvalue weighted by molar-refractivity contribution is 5.42. The fraction of sp³-hybridized carbons (Fsp3) is 0.625. The summed E-state index contributed by atoms with van der Waals surface area (Å²) in [6, 6.07) is 4.24. The Bertz CT molecular complexity index is 427. The van der Waals surface area contributed by atoms with Crippen LogP contribution in [0, 0.1) is 20.8 Å². The summed E-state index contributed by atoms with van der Waals surface area (Å²) in [4.78, 5) is 0. The molecule has 0 aliphatic carbocycles. The van der Waals surface area contributed by atoms with Gasteiger partial charge in [-0.25, -0.2) is 0 Å². The Morgan fingerprint density at radius 1 is 1.21 bits per heavy atom. The molecule has 1 atom stereocenters. The largest absolute Gasteiger partial charge is 0.395 e. The lowest BCUT2D eigenvalue weighted by molar-refractivity contribution is 0.260. The van der Waals surface area contributed by atoms with Crippen molar-refractivity contribution in [2.45, 2.75) is 46.1 Å². The van der Waals surface area contributed by atoms with Crippen molar-refractivity contribution in [3.05, 3.63) is 34.4 Å². The van der Waals surface area contributed by atoms with E-state index in [-0.39, 0.29) is 18.1 Å². The topological polar surface area (TPSA) is 58.3 Å². The van der Waals surface area contributed by atoms with E-state index in [0.29, 0.717) is 6.54 Å². The van der Waals surface area contributed by atoms with Gasteiger partial charge in [0.25, 0.3) is 0 Å². The van der Waals surface area contributed by atoms with Gasteiger partial charge in [-0.05, 0) is 43.0 Å². The second-order valence-electron chi connectivity index (χ2n) is 6.14. The molecular formula is C16H28N2O. The summed E-state index contributed by atoms with van der Waals surface area (Å²) in [6.45, 7) is 12.5. The average molecular weight is 264 g/mol. The zero-order valence-corrected chi connectivity index (χ0v) is 12.9. The molecule has 3 heteroatoms. The molecule has 3 nitrogen and oxygen atoms in total. The molecule has 0 aliphatic heterocycles. The van der Waals surface area contributed by atoms with E-state index >= 15 is 0 Å². The van der Waals surface area contributed by atoms with Crippen LogP contribution in [-0.2, 0) is 5.41 Å². The number of hydrogen-bond acceptors (Lipinski definition) is 3. The number of aliphatic hydroxyl groups is 1. The zero-order chi connectivity index (χ0) is 14.6. The number of aryl methyl sites for hydroxylation is 1. The highest BCUT2D eigenvalue weighted by Crippen LogP contribution is 2.28. The van der Waals surface area contributed by atoms with Gasteiger partial charge in [0.05, 0.1) is 6.61 Å². The second-order valence-corrected chi connectivity index (χ2v) is 6.14. The summed E-state index contributed by atoms with van der Waals surface area (Å²) in [5.41, 5.74) is 11.2. The smallest absolute Gasteiger partial charge is 0.0594 e. The van der Waals surface area contributed by atoms with Gasteiger partial charge in [0, 0.05) is 24.5 Å². The molecule has 0 amide bonds. The maximum absolute atomic E-state index is 8.93. The lowest BCUT2D eigenvalue weighted by Crippen LogP contribution is -2.42. The third kappa shape index (κ3) is 4.03. The van der Waals surface area contributed by atoms with Crippen molar-refractivity contribution < 1.29 is 5.11 Å². The Morgan fingerprint density at radius 3 is 2.42 bits per heavy atom. The quantitative estimate of drug-likeness (QED) is 0.734. The van der Waals surface area contributed by atoms with Gasteiger partial charge in [0.2, 0.25) is 0 Å². The molecule has 0 saturated carbocycles. The van der Waals surface area contributed by atoms with Crippen LogP contribution >= 0.6 is 0 Å². The van der Waals surface area contributed by atoms with E-state index in [9.17, 15) is 0 Å². The Hall–Kier alpha value is -0.900. The molecule has 1 aromatic rings. The molecule has 0 bridgehead atoms. The predicted molar refractivity (Wildman–Crippen MR) is 81.6 cm³/mol. The molecule has 108 valence electrons. The molecule has 0 fully saturated rings. The summed E-state index contributed by atoms with van der Waals surface area (Å²) < 4.78 is 0. The molecule has 0 spiro atoms. The van der Waals surface area contributed by atoms with E-state index < -0.39 is 0 Å². The van der Waals surface area contributed by atoms with Gasteiger partial charge in [-0.15, -0.1) is 0 Å². The van der Waals surface area contributed by atoms with E-state index in [1.807, 2.05) is 0 Å². The first kappa shape index (κ1) is 16.2. The van der Waals surface area contributed by atoms with E-state index in [1.165, 1.54) is 22.3 Å². The van der Waals surface area contributed by atoms with Crippen LogP contribution in [0.2, 0.25) is 0 Å². The van der Waals surface area contributed by atoms with Gasteiger partial charge in [-0.2, -0.15) is 0 Å². The van der Waals surface area contributed by atoms with Crippen LogP contribution in [0.1, 0.15) is 36.1 Å². The summed E-state index contributed by atoms with van der Waals surface area (Å²) in [5, 5.41) is 12.3. The third-order valence-corrected chi connectivity index (χ3v) is 4.00. The maximum Gasteiger partial charge on any atom is 0.0594 e. The van der Waals surface area contributed by atoms with Crippen molar-refractivity contribution in [1.29, 1.82) is 0 Å². The molecule has 0 radical (unpaired) electrons. The lowest BCUT2D eigenvalue weighted by Gasteiger charge is -2.29. The molecule has 1 unspecified atom stereocenters. The molecule has 1 aromatic carbocycles. The first-order valence-electron chi connectivity index (χ1n) is 6.94. The monoisotopic (exact) mass is 264 g/mol. The van der Waals surface area contributed by atoms with Gasteiger partial charge in [-0.3, -0.25) is 0 Å². The van der Waals surface area contributed by atoms with Crippen LogP contribution in [0.3, 0.4) is 0 Å². The predicted octanol–water partition coefficient (Wildman–Crippen LogP) is 1.80. The molecule has 0 aromatic heterocycles. The first-order chi connectivity index (χ1) is 8.79. The Balaban J connectivity index is 2.80. The fourth-order valence-electron chi connectivity index (χ4n) is 2.42. The zero-order valence-electron chi connectivity index (χ0n) is 12.9. The highest BCUT2D eigenvalue weighted by atomic mass is 16.3. The number of aliphatic hydroxyl groups excluding tert-OH is 1. The molecule has 0 saturated heterocycles. The summed E-state index contributed by atoms with van der Waals surface area (Å²) >= 11 is 0. The van der Waals surface area contributed by atoms with E-state index in [4.69, 9.17) is 10.8 Å². The normalized spacial score (nSPS) is 13.6. The summed E-state index contributed by atoms with van der Waals surface area (Å²) in [7, 11) is 0. The molecule has 4 N–H and O–H groups in total. The Labute approximate surface area is 117 Å². The number of hydrogen-bond donors (Lipinski definition) is 3. The van der Waals surface area contributed by atoms with Crippen LogP contribution in [-0.4, -0.2) is 30.8 Å².